The van der Waals surface area contributed by atoms with Crippen LogP contribution in [0.1, 0.15) is 46.5 Å². The Morgan fingerprint density at radius 2 is 1.83 bits per heavy atom. The van der Waals surface area contributed by atoms with Crippen LogP contribution in [0.3, 0.4) is 0 Å². The van der Waals surface area contributed by atoms with Crippen molar-refractivity contribution in [2.24, 2.45) is 5.92 Å². The Bertz CT molecular complexity index is 615. The molecule has 0 radical (unpaired) electrons. The molecule has 1 heterocycles. The molecule has 6 nitrogen and oxygen atoms in total. The predicted octanol–water partition coefficient (Wildman–Crippen LogP) is 1.42. The molecule has 1 unspecified atom stereocenters. The summed E-state index contributed by atoms with van der Waals surface area (Å²) in [6.07, 6.45) is 2.75. The second-order valence-corrected chi connectivity index (χ2v) is 12.2. The van der Waals surface area contributed by atoms with E-state index in [4.69, 9.17) is 4.74 Å². The summed E-state index contributed by atoms with van der Waals surface area (Å²) in [5.74, 6) is -0.152. The number of nitrogens with zero attached hydrogens (tertiary/aromatic N) is 1. The van der Waals surface area contributed by atoms with E-state index >= 15 is 0 Å². The van der Waals surface area contributed by atoms with Gasteiger partial charge in [-0.15, -0.1) is 0 Å². The van der Waals surface area contributed by atoms with Gasteiger partial charge in [0, 0.05) is 13.1 Å². The van der Waals surface area contributed by atoms with Gasteiger partial charge in [-0.3, -0.25) is 0 Å². The van der Waals surface area contributed by atoms with E-state index in [0.29, 0.717) is 25.7 Å². The van der Waals surface area contributed by atoms with E-state index in [1.807, 2.05) is 20.8 Å². The van der Waals surface area contributed by atoms with Gasteiger partial charge in [0.05, 0.1) is 29.0 Å². The van der Waals surface area contributed by atoms with Crippen LogP contribution in [-0.4, -0.2) is 63.2 Å². The predicted molar refractivity (Wildman–Crippen MR) is 90.6 cm³/mol. The molecule has 0 N–H and O–H groups in total. The maximum atomic E-state index is 12.5. The van der Waals surface area contributed by atoms with Crippen molar-refractivity contribution in [2.75, 3.05) is 24.3 Å². The van der Waals surface area contributed by atoms with Crippen LogP contribution in [-0.2, 0) is 24.6 Å². The van der Waals surface area contributed by atoms with Crippen LogP contribution in [0.4, 0.5) is 0 Å². The quantitative estimate of drug-likeness (QED) is 0.734. The van der Waals surface area contributed by atoms with Crippen molar-refractivity contribution in [2.45, 2.75) is 64.2 Å². The van der Waals surface area contributed by atoms with Crippen molar-refractivity contribution >= 4 is 19.9 Å². The van der Waals surface area contributed by atoms with E-state index in [-0.39, 0.29) is 40.9 Å². The molecule has 1 saturated carbocycles. The summed E-state index contributed by atoms with van der Waals surface area (Å²) in [6.45, 7) is 5.97. The van der Waals surface area contributed by atoms with Gasteiger partial charge >= 0.3 is 0 Å². The summed E-state index contributed by atoms with van der Waals surface area (Å²) in [5, 5.41) is 0. The van der Waals surface area contributed by atoms with Crippen molar-refractivity contribution in [3.05, 3.63) is 0 Å². The minimum atomic E-state index is -3.42. The Hall–Kier alpha value is -0.180. The number of rotatable bonds is 5. The zero-order valence-electron chi connectivity index (χ0n) is 14.5. The number of hydrogen-bond acceptors (Lipinski definition) is 5. The Labute approximate surface area is 140 Å². The van der Waals surface area contributed by atoms with Crippen LogP contribution in [0.25, 0.3) is 0 Å². The van der Waals surface area contributed by atoms with E-state index in [9.17, 15) is 16.8 Å². The van der Waals surface area contributed by atoms with E-state index in [1.54, 1.807) is 7.05 Å². The highest BCUT2D eigenvalue weighted by Gasteiger charge is 2.40. The molecule has 136 valence electrons. The Morgan fingerprint density at radius 3 is 2.35 bits per heavy atom. The van der Waals surface area contributed by atoms with E-state index < -0.39 is 19.9 Å². The summed E-state index contributed by atoms with van der Waals surface area (Å²) in [6, 6.07) is -0.0347. The Kier molecular flexibility index (Phi) is 5.51. The number of hydrogen-bond donors (Lipinski definition) is 0. The fourth-order valence-electron chi connectivity index (χ4n) is 3.32. The molecule has 8 heteroatoms. The first-order valence-electron chi connectivity index (χ1n) is 8.22. The molecular weight excluding hydrogens is 338 g/mol. The molecular formula is C15H29NO5S2. The molecule has 1 saturated heterocycles. The van der Waals surface area contributed by atoms with Gasteiger partial charge in [-0.2, -0.15) is 0 Å². The number of ether oxygens (including phenoxy) is 1. The third-order valence-corrected chi connectivity index (χ3v) is 8.51. The number of sulfonamides is 1. The molecule has 23 heavy (non-hydrogen) atoms. The van der Waals surface area contributed by atoms with E-state index in [1.165, 1.54) is 4.31 Å². The van der Waals surface area contributed by atoms with Crippen LogP contribution >= 0.6 is 0 Å². The molecule has 2 fully saturated rings. The first kappa shape index (κ1) is 19.1. The minimum Gasteiger partial charge on any atom is -0.373 e. The maximum Gasteiger partial charge on any atom is 0.214 e. The molecule has 0 aromatic carbocycles. The van der Waals surface area contributed by atoms with Crippen LogP contribution in [0, 0.1) is 5.92 Å². The highest BCUT2D eigenvalue weighted by molar-refractivity contribution is 7.91. The lowest BCUT2D eigenvalue weighted by Crippen LogP contribution is -2.51. The summed E-state index contributed by atoms with van der Waals surface area (Å²) in [4.78, 5) is 0. The van der Waals surface area contributed by atoms with Crippen molar-refractivity contribution in [3.8, 4) is 0 Å². The number of sulfone groups is 1. The smallest absolute Gasteiger partial charge is 0.214 e. The Balaban J connectivity index is 1.88. The molecule has 2 rings (SSSR count). The fourth-order valence-corrected chi connectivity index (χ4v) is 6.99. The molecule has 1 aliphatic carbocycles. The third-order valence-electron chi connectivity index (χ3n) is 4.55. The normalized spacial score (nSPS) is 31.8. The molecule has 1 atom stereocenters. The van der Waals surface area contributed by atoms with Crippen LogP contribution in [0.2, 0.25) is 0 Å². The molecule has 0 spiro atoms. The lowest BCUT2D eigenvalue weighted by Gasteiger charge is -2.43. The van der Waals surface area contributed by atoms with Gasteiger partial charge in [-0.05, 0) is 52.4 Å². The second kappa shape index (κ2) is 6.61. The maximum absolute atomic E-state index is 12.5. The molecule has 0 aromatic heterocycles. The molecule has 2 aliphatic rings. The van der Waals surface area contributed by atoms with Crippen LogP contribution in [0.15, 0.2) is 0 Å². The first-order valence-corrected chi connectivity index (χ1v) is 11.6. The third kappa shape index (κ3) is 5.41. The average molecular weight is 368 g/mol. The van der Waals surface area contributed by atoms with Gasteiger partial charge in [0.15, 0.2) is 9.84 Å². The van der Waals surface area contributed by atoms with Gasteiger partial charge in [-0.1, -0.05) is 0 Å². The molecule has 0 aromatic rings. The molecule has 0 bridgehead atoms. The Morgan fingerprint density at radius 1 is 1.22 bits per heavy atom. The van der Waals surface area contributed by atoms with Crippen molar-refractivity contribution in [1.82, 2.24) is 4.31 Å². The SMILES string of the molecule is CN(C1CC(OC(C)(C)C)C1)S(=O)(=O)CC1CCCS(=O)(=O)C1. The summed E-state index contributed by atoms with van der Waals surface area (Å²) in [5.41, 5.74) is -0.219. The fraction of sp³-hybridized carbons (Fsp3) is 1.00. The topological polar surface area (TPSA) is 80.8 Å². The van der Waals surface area contributed by atoms with Crippen molar-refractivity contribution in [1.29, 1.82) is 0 Å². The lowest BCUT2D eigenvalue weighted by molar-refractivity contribution is -0.109. The largest absolute Gasteiger partial charge is 0.373 e. The zero-order valence-corrected chi connectivity index (χ0v) is 16.1. The van der Waals surface area contributed by atoms with Crippen molar-refractivity contribution < 1.29 is 21.6 Å². The van der Waals surface area contributed by atoms with Crippen LogP contribution in [0.5, 0.6) is 0 Å². The molecule has 1 aliphatic heterocycles. The highest BCUT2D eigenvalue weighted by Crippen LogP contribution is 2.33. The van der Waals surface area contributed by atoms with Gasteiger partial charge in [0.2, 0.25) is 10.0 Å². The summed E-state index contributed by atoms with van der Waals surface area (Å²) in [7, 11) is -4.90. The van der Waals surface area contributed by atoms with Gasteiger partial charge in [-0.25, -0.2) is 21.1 Å². The van der Waals surface area contributed by atoms with Crippen LogP contribution < -0.4 is 0 Å². The summed E-state index contributed by atoms with van der Waals surface area (Å²) >= 11 is 0. The van der Waals surface area contributed by atoms with Gasteiger partial charge in [0.1, 0.15) is 0 Å². The highest BCUT2D eigenvalue weighted by atomic mass is 32.2. The average Bonchev–Trinajstić information content (AvgIpc) is 2.29. The summed E-state index contributed by atoms with van der Waals surface area (Å²) < 4.78 is 55.7. The first-order chi connectivity index (χ1) is 10.4. The van der Waals surface area contributed by atoms with Gasteiger partial charge < -0.3 is 4.74 Å². The van der Waals surface area contributed by atoms with Crippen molar-refractivity contribution in [3.63, 3.8) is 0 Å². The van der Waals surface area contributed by atoms with E-state index in [0.717, 1.165) is 0 Å². The minimum absolute atomic E-state index is 0.000493. The molecule has 0 amide bonds. The second-order valence-electron chi connectivity index (χ2n) is 7.89. The van der Waals surface area contributed by atoms with E-state index in [2.05, 4.69) is 0 Å². The zero-order chi connectivity index (χ0) is 17.5. The monoisotopic (exact) mass is 367 g/mol. The standard InChI is InChI=1S/C15H29NO5S2/c1-15(2,3)21-14-8-13(9-14)16(4)23(19,20)11-12-6-5-7-22(17,18)10-12/h12-14H,5-11H2,1-4H3. The van der Waals surface area contributed by atoms with Gasteiger partial charge in [0.25, 0.3) is 0 Å². The lowest BCUT2D eigenvalue weighted by atomic mass is 9.89.